The Balaban J connectivity index is 1.64. The highest BCUT2D eigenvalue weighted by molar-refractivity contribution is 5.78. The Bertz CT molecular complexity index is 1010. The molecule has 1 radical (unpaired) electrons. The molecule has 2 aromatic carbocycles. The summed E-state index contributed by atoms with van der Waals surface area (Å²) in [5.74, 6) is 0. The van der Waals surface area contributed by atoms with Crippen LogP contribution in [0.5, 0.6) is 0 Å². The summed E-state index contributed by atoms with van der Waals surface area (Å²) in [7, 11) is 0. The molecule has 0 saturated carbocycles. The van der Waals surface area contributed by atoms with Crippen LogP contribution >= 0.6 is 0 Å². The predicted molar refractivity (Wildman–Crippen MR) is 88.9 cm³/mol. The van der Waals surface area contributed by atoms with Gasteiger partial charge in [0.05, 0.1) is 17.3 Å². The Morgan fingerprint density at radius 2 is 1.88 bits per heavy atom. The molecule has 0 saturated heterocycles. The van der Waals surface area contributed by atoms with Gasteiger partial charge in [-0.25, -0.2) is 0 Å². The number of H-pyrrole nitrogens is 1. The van der Waals surface area contributed by atoms with Crippen LogP contribution in [0, 0.1) is 6.07 Å². The third-order valence-corrected chi connectivity index (χ3v) is 4.13. The fourth-order valence-corrected chi connectivity index (χ4v) is 2.85. The summed E-state index contributed by atoms with van der Waals surface area (Å²) in [5, 5.41) is 7.97. The molecule has 125 valence electrons. The monoisotopic (exact) mass is 340 g/mol. The first-order chi connectivity index (χ1) is 12.0. The second kappa shape index (κ2) is 5.81. The normalized spacial score (nSPS) is 12.0. The van der Waals surface area contributed by atoms with Crippen molar-refractivity contribution < 1.29 is 13.2 Å². The van der Waals surface area contributed by atoms with E-state index in [2.05, 4.69) is 16.3 Å². The first kappa shape index (κ1) is 15.5. The summed E-state index contributed by atoms with van der Waals surface area (Å²) in [4.78, 5) is 0. The fourth-order valence-electron chi connectivity index (χ4n) is 2.85. The summed E-state index contributed by atoms with van der Waals surface area (Å²) < 4.78 is 40.1. The van der Waals surface area contributed by atoms with E-state index in [9.17, 15) is 13.2 Å². The summed E-state index contributed by atoms with van der Waals surface area (Å²) >= 11 is 0. The highest BCUT2D eigenvalue weighted by Crippen LogP contribution is 2.31. The minimum atomic E-state index is -4.33. The summed E-state index contributed by atoms with van der Waals surface area (Å²) in [5.41, 5.74) is 2.90. The molecule has 0 spiro atoms. The van der Waals surface area contributed by atoms with Crippen LogP contribution in [0.4, 0.5) is 13.2 Å². The van der Waals surface area contributed by atoms with Gasteiger partial charge in [0.15, 0.2) is 0 Å². The molecule has 2 heterocycles. The van der Waals surface area contributed by atoms with Crippen molar-refractivity contribution in [1.82, 2.24) is 14.8 Å². The van der Waals surface area contributed by atoms with Gasteiger partial charge in [-0.2, -0.15) is 18.3 Å². The lowest BCUT2D eigenvalue weighted by Gasteiger charge is -2.11. The van der Waals surface area contributed by atoms with E-state index in [-0.39, 0.29) is 0 Å². The van der Waals surface area contributed by atoms with E-state index in [0.29, 0.717) is 6.54 Å². The maximum atomic E-state index is 12.7. The molecule has 0 bridgehead atoms. The molecule has 6 heteroatoms. The largest absolute Gasteiger partial charge is 0.416 e. The molecule has 4 aromatic rings. The molecular formula is C19H13F3N3. The van der Waals surface area contributed by atoms with Crippen molar-refractivity contribution in [2.75, 3.05) is 0 Å². The highest BCUT2D eigenvalue weighted by Gasteiger charge is 2.30. The van der Waals surface area contributed by atoms with Gasteiger partial charge in [-0.1, -0.05) is 24.3 Å². The van der Waals surface area contributed by atoms with Gasteiger partial charge in [0.25, 0.3) is 0 Å². The lowest BCUT2D eigenvalue weighted by molar-refractivity contribution is -0.137. The van der Waals surface area contributed by atoms with Crippen LogP contribution in [0.3, 0.4) is 0 Å². The number of hydrogen-bond donors (Lipinski definition) is 1. The molecule has 2 aromatic heterocycles. The third-order valence-electron chi connectivity index (χ3n) is 4.13. The Kier molecular flexibility index (Phi) is 3.60. The van der Waals surface area contributed by atoms with E-state index in [1.165, 1.54) is 12.1 Å². The fraction of sp³-hybridized carbons (Fsp3) is 0.105. The smallest absolute Gasteiger partial charge is 0.342 e. The molecule has 1 N–H and O–H groups in total. The molecule has 4 rings (SSSR count). The zero-order valence-corrected chi connectivity index (χ0v) is 13.0. The Labute approximate surface area is 141 Å². The van der Waals surface area contributed by atoms with Crippen molar-refractivity contribution >= 4 is 10.9 Å². The van der Waals surface area contributed by atoms with Crippen molar-refractivity contribution in [3.63, 3.8) is 0 Å². The third kappa shape index (κ3) is 3.03. The molecule has 25 heavy (non-hydrogen) atoms. The molecule has 0 aliphatic heterocycles. The lowest BCUT2D eigenvalue weighted by Crippen LogP contribution is -2.04. The molecule has 3 nitrogen and oxygen atoms in total. The quantitative estimate of drug-likeness (QED) is 0.565. The van der Waals surface area contributed by atoms with Gasteiger partial charge < -0.3 is 4.57 Å². The molecule has 0 fully saturated rings. The van der Waals surface area contributed by atoms with E-state index in [4.69, 9.17) is 0 Å². The summed E-state index contributed by atoms with van der Waals surface area (Å²) in [6.45, 7) is 0.592. The van der Waals surface area contributed by atoms with Crippen molar-refractivity contribution in [3.8, 4) is 11.3 Å². The van der Waals surface area contributed by atoms with Crippen molar-refractivity contribution in [3.05, 3.63) is 78.1 Å². The predicted octanol–water partition coefficient (Wildman–Crippen LogP) is 4.90. The van der Waals surface area contributed by atoms with Gasteiger partial charge in [0.2, 0.25) is 0 Å². The number of nitrogens with one attached hydrogen (secondary N) is 1. The molecule has 0 aliphatic rings. The van der Waals surface area contributed by atoms with Gasteiger partial charge in [0, 0.05) is 29.9 Å². The van der Waals surface area contributed by atoms with Crippen LogP contribution in [0.15, 0.2) is 60.9 Å². The molecule has 0 amide bonds. The van der Waals surface area contributed by atoms with Crippen LogP contribution in [0.1, 0.15) is 11.1 Å². The Morgan fingerprint density at radius 1 is 1.08 bits per heavy atom. The lowest BCUT2D eigenvalue weighted by atomic mass is 10.1. The number of hydrogen-bond acceptors (Lipinski definition) is 1. The number of nitrogens with zero attached hydrogens (tertiary/aromatic N) is 2. The number of aromatic amines is 1. The first-order valence-electron chi connectivity index (χ1n) is 7.66. The van der Waals surface area contributed by atoms with Crippen molar-refractivity contribution in [1.29, 1.82) is 0 Å². The second-order valence-electron chi connectivity index (χ2n) is 5.82. The number of aromatic nitrogens is 3. The second-order valence-corrected chi connectivity index (χ2v) is 5.82. The number of benzene rings is 2. The minimum absolute atomic E-state index is 0.592. The molecule has 0 unspecified atom stereocenters. The van der Waals surface area contributed by atoms with Gasteiger partial charge in [-0.3, -0.25) is 5.10 Å². The zero-order chi connectivity index (χ0) is 17.4. The van der Waals surface area contributed by atoms with Crippen molar-refractivity contribution in [2.24, 2.45) is 0 Å². The van der Waals surface area contributed by atoms with Gasteiger partial charge in [-0.05, 0) is 35.4 Å². The summed E-state index contributed by atoms with van der Waals surface area (Å²) in [6, 6.07) is 16.0. The van der Waals surface area contributed by atoms with E-state index in [1.807, 2.05) is 22.8 Å². The van der Waals surface area contributed by atoms with Crippen LogP contribution in [0.25, 0.3) is 22.2 Å². The maximum Gasteiger partial charge on any atom is 0.416 e. The molecular weight excluding hydrogens is 327 g/mol. The average molecular weight is 340 g/mol. The van der Waals surface area contributed by atoms with Gasteiger partial charge >= 0.3 is 6.18 Å². The van der Waals surface area contributed by atoms with E-state index >= 15 is 0 Å². The van der Waals surface area contributed by atoms with E-state index in [1.54, 1.807) is 18.5 Å². The van der Waals surface area contributed by atoms with E-state index < -0.39 is 11.7 Å². The number of alkyl halides is 3. The summed E-state index contributed by atoms with van der Waals surface area (Å²) in [6.07, 6.45) is -0.771. The maximum absolute atomic E-state index is 12.7. The minimum Gasteiger partial charge on any atom is -0.342 e. The standard InChI is InChI=1S/C19H13F3N3/c20-19(21,22)16-7-5-14(6-8-16)18-2-1-9-25(18)12-13-3-4-15-11-23-24-17(15)10-13/h2-11H,12H2,(H,23,24). The van der Waals surface area contributed by atoms with Crippen LogP contribution in [-0.2, 0) is 12.7 Å². The van der Waals surface area contributed by atoms with Crippen LogP contribution in [0.2, 0.25) is 0 Å². The van der Waals surface area contributed by atoms with Crippen LogP contribution in [-0.4, -0.2) is 14.8 Å². The van der Waals surface area contributed by atoms with Gasteiger partial charge in [0.1, 0.15) is 0 Å². The number of rotatable bonds is 3. The SMILES string of the molecule is FC(F)(F)c1ccc(-c2c[c]cn2Cc2ccc3cn[nH]c3c2)cc1. The van der Waals surface area contributed by atoms with Gasteiger partial charge in [-0.15, -0.1) is 0 Å². The zero-order valence-electron chi connectivity index (χ0n) is 13.0. The number of halogens is 3. The Hall–Kier alpha value is -3.02. The van der Waals surface area contributed by atoms with Crippen molar-refractivity contribution in [2.45, 2.75) is 12.7 Å². The number of fused-ring (bicyclic) bond motifs is 1. The molecule has 0 aliphatic carbocycles. The molecule has 0 atom stereocenters. The Morgan fingerprint density at radius 3 is 2.64 bits per heavy atom. The van der Waals surface area contributed by atoms with Crippen LogP contribution < -0.4 is 0 Å². The average Bonchev–Trinajstić information content (AvgIpc) is 3.23. The topological polar surface area (TPSA) is 33.6 Å². The van der Waals surface area contributed by atoms with E-state index in [0.717, 1.165) is 39.9 Å². The first-order valence-corrected chi connectivity index (χ1v) is 7.66. The highest BCUT2D eigenvalue weighted by atomic mass is 19.4.